The second-order valence-electron chi connectivity index (χ2n) is 7.79. The lowest BCUT2D eigenvalue weighted by Gasteiger charge is -2.32. The third-order valence-electron chi connectivity index (χ3n) is 5.82. The first kappa shape index (κ1) is 20.6. The SMILES string of the molecule is CCOc1ccc(C2C(C(=O)c3sc(C)nc3C)=C(O)C(=O)N2C2CCCC2)cc1. The van der Waals surface area contributed by atoms with Crippen molar-refractivity contribution < 1.29 is 19.4 Å². The number of aromatic nitrogens is 1. The number of hydrogen-bond donors (Lipinski definition) is 1. The van der Waals surface area contributed by atoms with Crippen LogP contribution in [0.25, 0.3) is 0 Å². The van der Waals surface area contributed by atoms with Crippen LogP contribution in [0.4, 0.5) is 0 Å². The molecule has 7 heteroatoms. The first-order valence-corrected chi connectivity index (χ1v) is 11.2. The monoisotopic (exact) mass is 426 g/mol. The molecule has 1 amide bonds. The highest BCUT2D eigenvalue weighted by molar-refractivity contribution is 7.14. The molecule has 1 atom stereocenters. The molecule has 0 radical (unpaired) electrons. The fourth-order valence-corrected chi connectivity index (χ4v) is 5.39. The number of carbonyl (C=O) groups is 2. The van der Waals surface area contributed by atoms with Gasteiger partial charge in [-0.15, -0.1) is 11.3 Å². The third kappa shape index (κ3) is 3.51. The summed E-state index contributed by atoms with van der Waals surface area (Å²) in [7, 11) is 0. The Balaban J connectivity index is 1.79. The van der Waals surface area contributed by atoms with Crippen molar-refractivity contribution in [2.75, 3.05) is 6.61 Å². The predicted octanol–water partition coefficient (Wildman–Crippen LogP) is 4.68. The second-order valence-corrected chi connectivity index (χ2v) is 9.00. The number of ether oxygens (including phenoxy) is 1. The summed E-state index contributed by atoms with van der Waals surface area (Å²) in [5, 5.41) is 11.6. The topological polar surface area (TPSA) is 79.7 Å². The van der Waals surface area contributed by atoms with E-state index < -0.39 is 17.7 Å². The summed E-state index contributed by atoms with van der Waals surface area (Å²) in [6.07, 6.45) is 3.85. The quantitative estimate of drug-likeness (QED) is 0.679. The summed E-state index contributed by atoms with van der Waals surface area (Å²) in [5.74, 6) is -0.476. The molecule has 1 aromatic carbocycles. The number of hydrogen-bond acceptors (Lipinski definition) is 6. The fourth-order valence-electron chi connectivity index (χ4n) is 4.52. The minimum atomic E-state index is -0.606. The molecule has 1 aromatic heterocycles. The lowest BCUT2D eigenvalue weighted by Crippen LogP contribution is -2.38. The second kappa shape index (κ2) is 8.22. The maximum atomic E-state index is 13.5. The van der Waals surface area contributed by atoms with E-state index in [2.05, 4.69) is 4.98 Å². The van der Waals surface area contributed by atoms with Gasteiger partial charge in [-0.1, -0.05) is 25.0 Å². The molecule has 0 saturated heterocycles. The predicted molar refractivity (Wildman–Crippen MR) is 115 cm³/mol. The van der Waals surface area contributed by atoms with Crippen molar-refractivity contribution in [3.05, 3.63) is 56.7 Å². The molecular weight excluding hydrogens is 400 g/mol. The number of aliphatic hydroxyl groups is 1. The highest BCUT2D eigenvalue weighted by atomic mass is 32.1. The third-order valence-corrected chi connectivity index (χ3v) is 6.89. The number of ketones is 1. The molecule has 6 nitrogen and oxygen atoms in total. The molecule has 4 rings (SSSR count). The number of amides is 1. The number of aryl methyl sites for hydroxylation is 2. The van der Waals surface area contributed by atoms with Gasteiger partial charge in [-0.2, -0.15) is 0 Å². The Morgan fingerprint density at radius 3 is 2.47 bits per heavy atom. The van der Waals surface area contributed by atoms with Crippen molar-refractivity contribution in [3.63, 3.8) is 0 Å². The molecule has 158 valence electrons. The van der Waals surface area contributed by atoms with Gasteiger partial charge in [-0.05, 0) is 51.3 Å². The zero-order chi connectivity index (χ0) is 21.4. The van der Waals surface area contributed by atoms with Crippen molar-refractivity contribution in [1.29, 1.82) is 0 Å². The van der Waals surface area contributed by atoms with Gasteiger partial charge >= 0.3 is 0 Å². The molecule has 2 aliphatic rings. The van der Waals surface area contributed by atoms with E-state index in [1.807, 2.05) is 38.1 Å². The van der Waals surface area contributed by atoms with Crippen LogP contribution in [0, 0.1) is 13.8 Å². The van der Waals surface area contributed by atoms with Gasteiger partial charge in [0, 0.05) is 6.04 Å². The van der Waals surface area contributed by atoms with E-state index >= 15 is 0 Å². The van der Waals surface area contributed by atoms with Crippen LogP contribution in [0.15, 0.2) is 35.6 Å². The summed E-state index contributed by atoms with van der Waals surface area (Å²) >= 11 is 1.30. The Morgan fingerprint density at radius 1 is 1.23 bits per heavy atom. The molecule has 30 heavy (non-hydrogen) atoms. The minimum absolute atomic E-state index is 0.0193. The average molecular weight is 427 g/mol. The largest absolute Gasteiger partial charge is 0.503 e. The number of Topliss-reactive ketones (excluding diaryl/α,β-unsaturated/α-hetero) is 1. The van der Waals surface area contributed by atoms with E-state index in [4.69, 9.17) is 4.74 Å². The van der Waals surface area contributed by atoms with Crippen molar-refractivity contribution in [2.45, 2.75) is 58.5 Å². The summed E-state index contributed by atoms with van der Waals surface area (Å²) in [6.45, 7) is 6.11. The molecule has 1 saturated carbocycles. The highest BCUT2D eigenvalue weighted by Gasteiger charge is 2.47. The van der Waals surface area contributed by atoms with Crippen molar-refractivity contribution in [1.82, 2.24) is 9.88 Å². The zero-order valence-electron chi connectivity index (χ0n) is 17.5. The number of benzene rings is 1. The Labute approximate surface area is 180 Å². The fraction of sp³-hybridized carbons (Fsp3) is 0.435. The average Bonchev–Trinajstić information content (AvgIpc) is 3.42. The first-order valence-electron chi connectivity index (χ1n) is 10.4. The van der Waals surface area contributed by atoms with E-state index in [-0.39, 0.29) is 17.4 Å². The molecule has 1 unspecified atom stereocenters. The van der Waals surface area contributed by atoms with E-state index in [0.29, 0.717) is 17.2 Å². The van der Waals surface area contributed by atoms with Gasteiger partial charge < -0.3 is 14.7 Å². The Bertz CT molecular complexity index is 1000. The van der Waals surface area contributed by atoms with Gasteiger partial charge in [0.15, 0.2) is 5.76 Å². The van der Waals surface area contributed by atoms with Gasteiger partial charge in [-0.3, -0.25) is 9.59 Å². The molecular formula is C23H26N2O4S. The number of thiazole rings is 1. The van der Waals surface area contributed by atoms with Crippen LogP contribution in [0.1, 0.15) is 64.6 Å². The number of rotatable bonds is 6. The lowest BCUT2D eigenvalue weighted by molar-refractivity contribution is -0.131. The van der Waals surface area contributed by atoms with Crippen LogP contribution in [0.5, 0.6) is 5.75 Å². The van der Waals surface area contributed by atoms with Gasteiger partial charge in [0.05, 0.1) is 33.8 Å². The van der Waals surface area contributed by atoms with Crippen LogP contribution in [0.2, 0.25) is 0 Å². The van der Waals surface area contributed by atoms with Gasteiger partial charge in [-0.25, -0.2) is 4.98 Å². The Kier molecular flexibility index (Phi) is 5.64. The molecule has 2 aromatic rings. The van der Waals surface area contributed by atoms with Crippen LogP contribution in [0.3, 0.4) is 0 Å². The molecule has 0 bridgehead atoms. The summed E-state index contributed by atoms with van der Waals surface area (Å²) in [5.41, 5.74) is 1.58. The summed E-state index contributed by atoms with van der Waals surface area (Å²) in [6, 6.07) is 6.85. The smallest absolute Gasteiger partial charge is 0.290 e. The highest BCUT2D eigenvalue weighted by Crippen LogP contribution is 2.44. The Morgan fingerprint density at radius 2 is 1.90 bits per heavy atom. The molecule has 0 spiro atoms. The number of nitrogens with zero attached hydrogens (tertiary/aromatic N) is 2. The van der Waals surface area contributed by atoms with Crippen molar-refractivity contribution in [2.24, 2.45) is 0 Å². The van der Waals surface area contributed by atoms with Crippen LogP contribution >= 0.6 is 11.3 Å². The molecule has 1 aliphatic heterocycles. The van der Waals surface area contributed by atoms with Gasteiger partial charge in [0.1, 0.15) is 5.75 Å². The van der Waals surface area contributed by atoms with E-state index in [1.165, 1.54) is 11.3 Å². The van der Waals surface area contributed by atoms with Crippen LogP contribution < -0.4 is 4.74 Å². The maximum Gasteiger partial charge on any atom is 0.290 e. The van der Waals surface area contributed by atoms with Crippen LogP contribution in [-0.2, 0) is 4.79 Å². The molecule has 1 fully saturated rings. The Hall–Kier alpha value is -2.67. The number of carbonyl (C=O) groups excluding carboxylic acids is 2. The maximum absolute atomic E-state index is 13.5. The molecule has 1 aliphatic carbocycles. The normalized spacial score (nSPS) is 19.8. The first-order chi connectivity index (χ1) is 14.4. The van der Waals surface area contributed by atoms with Crippen LogP contribution in [-0.4, -0.2) is 39.3 Å². The molecule has 1 N–H and O–H groups in total. The van der Waals surface area contributed by atoms with Gasteiger partial charge in [0.2, 0.25) is 5.78 Å². The van der Waals surface area contributed by atoms with Gasteiger partial charge in [0.25, 0.3) is 5.91 Å². The van der Waals surface area contributed by atoms with E-state index in [1.54, 1.807) is 11.8 Å². The van der Waals surface area contributed by atoms with E-state index in [0.717, 1.165) is 42.0 Å². The summed E-state index contributed by atoms with van der Waals surface area (Å²) < 4.78 is 5.54. The minimum Gasteiger partial charge on any atom is -0.503 e. The lowest BCUT2D eigenvalue weighted by atomic mass is 9.94. The standard InChI is InChI=1S/C23H26N2O4S/c1-4-29-17-11-9-15(10-12-17)19-18(20(26)22-13(2)24-14(3)30-22)21(27)23(28)25(19)16-7-5-6-8-16/h9-12,16,19,27H,4-8H2,1-3H3. The number of aliphatic hydroxyl groups excluding tert-OH is 1. The summed E-state index contributed by atoms with van der Waals surface area (Å²) in [4.78, 5) is 33.2. The zero-order valence-corrected chi connectivity index (χ0v) is 18.3. The van der Waals surface area contributed by atoms with Crippen molar-refractivity contribution >= 4 is 23.0 Å². The van der Waals surface area contributed by atoms with E-state index in [9.17, 15) is 14.7 Å². The molecule has 2 heterocycles. The van der Waals surface area contributed by atoms with Crippen molar-refractivity contribution in [3.8, 4) is 5.75 Å².